The molecule has 0 bridgehead atoms. The molecule has 0 aromatic heterocycles. The summed E-state index contributed by atoms with van der Waals surface area (Å²) in [5.41, 5.74) is 0.300. The number of hydrogen-bond acceptors (Lipinski definition) is 5. The van der Waals surface area contributed by atoms with Gasteiger partial charge >= 0.3 is 0 Å². The molecule has 0 atom stereocenters. The number of sulfonamides is 1. The second-order valence-corrected chi connectivity index (χ2v) is 8.25. The van der Waals surface area contributed by atoms with E-state index in [1.165, 1.54) is 22.5 Å². The first-order valence-electron chi connectivity index (χ1n) is 7.61. The van der Waals surface area contributed by atoms with E-state index in [0.29, 0.717) is 18.0 Å². The molecule has 0 unspecified atom stereocenters. The molecule has 128 valence electrons. The molecule has 0 radical (unpaired) electrons. The molecule has 1 aliphatic rings. The first kappa shape index (κ1) is 17.8. The van der Waals surface area contributed by atoms with Crippen LogP contribution in [0.3, 0.4) is 0 Å². The summed E-state index contributed by atoms with van der Waals surface area (Å²) in [6.45, 7) is 4.03. The number of nitrogens with zero attached hydrogens (tertiary/aromatic N) is 3. The van der Waals surface area contributed by atoms with E-state index >= 15 is 0 Å². The third-order valence-electron chi connectivity index (χ3n) is 4.41. The molecule has 2 rings (SSSR count). The Balaban J connectivity index is 2.15. The lowest BCUT2D eigenvalue weighted by molar-refractivity contribution is -0.385. The molecule has 7 nitrogen and oxygen atoms in total. The van der Waals surface area contributed by atoms with Gasteiger partial charge in [0.15, 0.2) is 0 Å². The summed E-state index contributed by atoms with van der Waals surface area (Å²) in [5, 5.41) is 10.8. The number of hydrogen-bond donors (Lipinski definition) is 0. The van der Waals surface area contributed by atoms with Gasteiger partial charge in [-0.1, -0.05) is 0 Å². The van der Waals surface area contributed by atoms with Crippen LogP contribution in [0.1, 0.15) is 18.4 Å². The van der Waals surface area contributed by atoms with E-state index < -0.39 is 14.9 Å². The van der Waals surface area contributed by atoms with Gasteiger partial charge in [-0.25, -0.2) is 12.7 Å². The topological polar surface area (TPSA) is 83.8 Å². The van der Waals surface area contributed by atoms with Gasteiger partial charge in [-0.3, -0.25) is 10.1 Å². The fourth-order valence-electron chi connectivity index (χ4n) is 2.91. The summed E-state index contributed by atoms with van der Waals surface area (Å²) in [5.74, 6) is 0.351. The minimum Gasteiger partial charge on any atom is -0.306 e. The summed E-state index contributed by atoms with van der Waals surface area (Å²) in [7, 11) is 0.0164. The van der Waals surface area contributed by atoms with Crippen molar-refractivity contribution >= 4 is 15.7 Å². The molecule has 0 spiro atoms. The van der Waals surface area contributed by atoms with Gasteiger partial charge in [-0.2, -0.15) is 0 Å². The van der Waals surface area contributed by atoms with Gasteiger partial charge in [-0.15, -0.1) is 0 Å². The van der Waals surface area contributed by atoms with Gasteiger partial charge in [0.2, 0.25) is 10.0 Å². The van der Waals surface area contributed by atoms with Crippen LogP contribution in [-0.2, 0) is 10.0 Å². The summed E-state index contributed by atoms with van der Waals surface area (Å²) in [6, 6.07) is 3.87. The molecule has 1 fully saturated rings. The van der Waals surface area contributed by atoms with Crippen molar-refractivity contribution in [3.05, 3.63) is 33.9 Å². The number of non-ortho nitro benzene ring substituents is 1. The Morgan fingerprint density at radius 2 is 1.96 bits per heavy atom. The number of rotatable bonds is 5. The van der Waals surface area contributed by atoms with Crippen LogP contribution < -0.4 is 0 Å². The molecule has 1 saturated heterocycles. The summed E-state index contributed by atoms with van der Waals surface area (Å²) < 4.78 is 26.8. The third-order valence-corrected chi connectivity index (χ3v) is 6.39. The van der Waals surface area contributed by atoms with Gasteiger partial charge in [0, 0.05) is 25.7 Å². The minimum atomic E-state index is -3.63. The zero-order chi connectivity index (χ0) is 17.2. The van der Waals surface area contributed by atoms with E-state index in [4.69, 9.17) is 0 Å². The van der Waals surface area contributed by atoms with Crippen LogP contribution in [0.5, 0.6) is 0 Å². The average Bonchev–Trinajstić information content (AvgIpc) is 2.49. The summed E-state index contributed by atoms with van der Waals surface area (Å²) >= 11 is 0. The number of nitro groups is 1. The van der Waals surface area contributed by atoms with E-state index in [1.54, 1.807) is 14.0 Å². The Morgan fingerprint density at radius 1 is 1.35 bits per heavy atom. The quantitative estimate of drug-likeness (QED) is 0.603. The maximum Gasteiger partial charge on any atom is 0.269 e. The Bertz CT molecular complexity index is 682. The zero-order valence-corrected chi connectivity index (χ0v) is 14.5. The molecular weight excluding hydrogens is 318 g/mol. The Morgan fingerprint density at radius 3 is 2.48 bits per heavy atom. The van der Waals surface area contributed by atoms with Crippen molar-refractivity contribution in [2.75, 3.05) is 33.7 Å². The van der Waals surface area contributed by atoms with Gasteiger partial charge in [0.1, 0.15) is 0 Å². The van der Waals surface area contributed by atoms with Gasteiger partial charge in [0.05, 0.1) is 9.82 Å². The first-order chi connectivity index (χ1) is 10.7. The van der Waals surface area contributed by atoms with Crippen molar-refractivity contribution in [2.45, 2.75) is 24.7 Å². The van der Waals surface area contributed by atoms with Crippen molar-refractivity contribution in [1.82, 2.24) is 9.21 Å². The van der Waals surface area contributed by atoms with Crippen LogP contribution in [0.25, 0.3) is 0 Å². The van der Waals surface area contributed by atoms with Crippen molar-refractivity contribution in [3.8, 4) is 0 Å². The fourth-order valence-corrected chi connectivity index (χ4v) is 4.36. The highest BCUT2D eigenvalue weighted by Crippen LogP contribution is 2.25. The van der Waals surface area contributed by atoms with Gasteiger partial charge < -0.3 is 4.90 Å². The van der Waals surface area contributed by atoms with Crippen LogP contribution in [-0.4, -0.2) is 56.3 Å². The SMILES string of the molecule is Cc1cc([N+](=O)[O-])ccc1S(=O)(=O)N(C)CC1CCN(C)CC1. The molecule has 1 heterocycles. The van der Waals surface area contributed by atoms with Crippen LogP contribution in [0, 0.1) is 23.0 Å². The van der Waals surface area contributed by atoms with Gasteiger partial charge in [-0.05, 0) is 57.5 Å². The van der Waals surface area contributed by atoms with Crippen molar-refractivity contribution in [1.29, 1.82) is 0 Å². The van der Waals surface area contributed by atoms with Crippen LogP contribution >= 0.6 is 0 Å². The number of likely N-dealkylation sites (tertiary alicyclic amines) is 1. The predicted molar refractivity (Wildman–Crippen MR) is 87.9 cm³/mol. The molecule has 1 aromatic carbocycles. The highest BCUT2D eigenvalue weighted by atomic mass is 32.2. The fraction of sp³-hybridized carbons (Fsp3) is 0.600. The Hall–Kier alpha value is -1.51. The van der Waals surface area contributed by atoms with E-state index in [2.05, 4.69) is 11.9 Å². The third kappa shape index (κ3) is 4.07. The molecule has 23 heavy (non-hydrogen) atoms. The van der Waals surface area contributed by atoms with E-state index in [9.17, 15) is 18.5 Å². The highest BCUT2D eigenvalue weighted by Gasteiger charge is 2.27. The largest absolute Gasteiger partial charge is 0.306 e. The van der Waals surface area contributed by atoms with E-state index in [1.807, 2.05) is 0 Å². The highest BCUT2D eigenvalue weighted by molar-refractivity contribution is 7.89. The zero-order valence-electron chi connectivity index (χ0n) is 13.7. The summed E-state index contributed by atoms with van der Waals surface area (Å²) in [6.07, 6.45) is 1.96. The summed E-state index contributed by atoms with van der Waals surface area (Å²) in [4.78, 5) is 12.6. The van der Waals surface area contributed by atoms with Crippen molar-refractivity contribution in [2.24, 2.45) is 5.92 Å². The Labute approximate surface area is 137 Å². The predicted octanol–water partition coefficient (Wildman–Crippen LogP) is 1.87. The monoisotopic (exact) mass is 341 g/mol. The van der Waals surface area contributed by atoms with Crippen LogP contribution in [0.4, 0.5) is 5.69 Å². The lowest BCUT2D eigenvalue weighted by Gasteiger charge is -2.31. The molecule has 0 N–H and O–H groups in total. The maximum atomic E-state index is 12.7. The molecular formula is C15H23N3O4S. The Kier molecular flexibility index (Phi) is 5.38. The average molecular weight is 341 g/mol. The molecule has 0 saturated carbocycles. The van der Waals surface area contributed by atoms with Crippen LogP contribution in [0.15, 0.2) is 23.1 Å². The molecule has 8 heteroatoms. The van der Waals surface area contributed by atoms with Crippen molar-refractivity contribution in [3.63, 3.8) is 0 Å². The van der Waals surface area contributed by atoms with Crippen LogP contribution in [0.2, 0.25) is 0 Å². The number of benzene rings is 1. The first-order valence-corrected chi connectivity index (χ1v) is 9.05. The van der Waals surface area contributed by atoms with Crippen molar-refractivity contribution < 1.29 is 13.3 Å². The van der Waals surface area contributed by atoms with Gasteiger partial charge in [0.25, 0.3) is 5.69 Å². The molecule has 0 amide bonds. The smallest absolute Gasteiger partial charge is 0.269 e. The normalized spacial score (nSPS) is 17.6. The number of nitro benzene ring substituents is 1. The minimum absolute atomic E-state index is 0.0978. The lowest BCUT2D eigenvalue weighted by atomic mass is 9.97. The van der Waals surface area contributed by atoms with E-state index in [0.717, 1.165) is 25.9 Å². The maximum absolute atomic E-state index is 12.7. The number of aryl methyl sites for hydroxylation is 1. The number of piperidine rings is 1. The lowest BCUT2D eigenvalue weighted by Crippen LogP contribution is -2.38. The second-order valence-electron chi connectivity index (χ2n) is 6.24. The standard InChI is InChI=1S/C15H23N3O4S/c1-12-10-14(18(19)20)4-5-15(12)23(21,22)17(3)11-13-6-8-16(2)9-7-13/h4-5,10,13H,6-9,11H2,1-3H3. The molecule has 0 aliphatic carbocycles. The molecule has 1 aliphatic heterocycles. The van der Waals surface area contributed by atoms with E-state index in [-0.39, 0.29) is 10.6 Å². The second kappa shape index (κ2) is 6.94. The molecule has 1 aromatic rings.